The number of primary sulfonamides is 1. The van der Waals surface area contributed by atoms with E-state index >= 15 is 0 Å². The first-order valence-electron chi connectivity index (χ1n) is 7.76. The van der Waals surface area contributed by atoms with Crippen LogP contribution in [0, 0.1) is 0 Å². The molecule has 9 nitrogen and oxygen atoms in total. The van der Waals surface area contributed by atoms with Gasteiger partial charge in [-0.3, -0.25) is 10.1 Å². The number of rotatable bonds is 5. The van der Waals surface area contributed by atoms with Gasteiger partial charge in [0.05, 0.1) is 10.6 Å². The number of sulfonamides is 1. The number of amides is 3. The fourth-order valence-corrected chi connectivity index (χ4v) is 3.59. The fourth-order valence-electron chi connectivity index (χ4n) is 2.52. The number of carbonyl (C=O) groups excluding carboxylic acids is 3. The van der Waals surface area contributed by atoms with Crippen molar-refractivity contribution in [2.45, 2.75) is 36.6 Å². The monoisotopic (exact) mass is 403 g/mol. The van der Waals surface area contributed by atoms with Crippen molar-refractivity contribution in [2.75, 3.05) is 6.61 Å². The van der Waals surface area contributed by atoms with Crippen molar-refractivity contribution in [3.05, 3.63) is 28.8 Å². The Morgan fingerprint density at radius 1 is 1.23 bits per heavy atom. The predicted molar refractivity (Wildman–Crippen MR) is 92.0 cm³/mol. The van der Waals surface area contributed by atoms with Crippen LogP contribution in [0.5, 0.6) is 0 Å². The van der Waals surface area contributed by atoms with Crippen molar-refractivity contribution in [1.82, 2.24) is 10.6 Å². The number of nitrogens with two attached hydrogens (primary N) is 1. The van der Waals surface area contributed by atoms with Crippen molar-refractivity contribution in [2.24, 2.45) is 5.14 Å². The molecule has 0 aromatic heterocycles. The molecule has 0 bridgehead atoms. The summed E-state index contributed by atoms with van der Waals surface area (Å²) >= 11 is 5.72. The summed E-state index contributed by atoms with van der Waals surface area (Å²) in [4.78, 5) is 34.8. The quantitative estimate of drug-likeness (QED) is 0.623. The van der Waals surface area contributed by atoms with Gasteiger partial charge in [0, 0.05) is 6.04 Å². The number of nitrogens with one attached hydrogen (secondary N) is 2. The molecule has 4 N–H and O–H groups in total. The van der Waals surface area contributed by atoms with Gasteiger partial charge < -0.3 is 10.1 Å². The number of esters is 1. The highest BCUT2D eigenvalue weighted by atomic mass is 35.5. The molecule has 1 aromatic carbocycles. The molecule has 0 radical (unpaired) electrons. The predicted octanol–water partition coefficient (Wildman–Crippen LogP) is 0.913. The number of benzene rings is 1. The van der Waals surface area contributed by atoms with E-state index in [-0.39, 0.29) is 16.6 Å². The van der Waals surface area contributed by atoms with Crippen LogP contribution in [0.1, 0.15) is 36.0 Å². The minimum absolute atomic E-state index is 0.0380. The maximum absolute atomic E-state index is 11.9. The van der Waals surface area contributed by atoms with Crippen molar-refractivity contribution in [1.29, 1.82) is 0 Å². The Kier molecular flexibility index (Phi) is 6.57. The maximum Gasteiger partial charge on any atom is 0.338 e. The minimum atomic E-state index is -4.12. The van der Waals surface area contributed by atoms with E-state index in [0.29, 0.717) is 0 Å². The highest BCUT2D eigenvalue weighted by Crippen LogP contribution is 2.22. The van der Waals surface area contributed by atoms with E-state index in [2.05, 4.69) is 10.6 Å². The number of carbonyl (C=O) groups is 3. The van der Waals surface area contributed by atoms with E-state index in [0.717, 1.165) is 31.7 Å². The average molecular weight is 404 g/mol. The third kappa shape index (κ3) is 5.68. The van der Waals surface area contributed by atoms with Crippen LogP contribution in [-0.2, 0) is 19.6 Å². The standard InChI is InChI=1S/C15H18ClN3O6S/c16-11-6-5-9(7-12(11)26(17,23)24)14(21)25-8-13(20)19-15(22)18-10-3-1-2-4-10/h5-7,10H,1-4,8H2,(H2,17,23,24)(H2,18,19,20,22). The lowest BCUT2D eigenvalue weighted by molar-refractivity contribution is -0.123. The Labute approximate surface area is 155 Å². The molecule has 2 rings (SSSR count). The summed E-state index contributed by atoms with van der Waals surface area (Å²) in [5.74, 6) is -1.77. The van der Waals surface area contributed by atoms with Crippen LogP contribution >= 0.6 is 11.6 Å². The summed E-state index contributed by atoms with van der Waals surface area (Å²) in [6.07, 6.45) is 3.77. The van der Waals surface area contributed by atoms with Crippen LogP contribution in [0.2, 0.25) is 5.02 Å². The molecule has 0 heterocycles. The van der Waals surface area contributed by atoms with Crippen LogP contribution < -0.4 is 15.8 Å². The Balaban J connectivity index is 1.88. The van der Waals surface area contributed by atoms with Crippen molar-refractivity contribution in [3.63, 3.8) is 0 Å². The zero-order valence-electron chi connectivity index (χ0n) is 13.7. The summed E-state index contributed by atoms with van der Waals surface area (Å²) in [6.45, 7) is -0.704. The molecule has 0 spiro atoms. The molecule has 0 aliphatic heterocycles. The zero-order valence-corrected chi connectivity index (χ0v) is 15.2. The molecule has 0 unspecified atom stereocenters. The van der Waals surface area contributed by atoms with Crippen LogP contribution in [-0.4, -0.2) is 39.0 Å². The van der Waals surface area contributed by atoms with Gasteiger partial charge in [0.25, 0.3) is 5.91 Å². The summed E-state index contributed by atoms with van der Waals surface area (Å²) in [7, 11) is -4.12. The number of ether oxygens (including phenoxy) is 1. The summed E-state index contributed by atoms with van der Waals surface area (Å²) < 4.78 is 27.5. The molecule has 0 atom stereocenters. The second kappa shape index (κ2) is 8.47. The van der Waals surface area contributed by atoms with Gasteiger partial charge >= 0.3 is 12.0 Å². The largest absolute Gasteiger partial charge is 0.452 e. The number of halogens is 1. The van der Waals surface area contributed by atoms with E-state index in [1.165, 1.54) is 12.1 Å². The number of imide groups is 1. The molecular weight excluding hydrogens is 386 g/mol. The molecule has 1 aliphatic carbocycles. The fraction of sp³-hybridized carbons (Fsp3) is 0.400. The van der Waals surface area contributed by atoms with Gasteiger partial charge in [0.15, 0.2) is 6.61 Å². The SMILES string of the molecule is NS(=O)(=O)c1cc(C(=O)OCC(=O)NC(=O)NC2CCCC2)ccc1Cl. The first kappa shape index (κ1) is 20.1. The van der Waals surface area contributed by atoms with Gasteiger partial charge in [-0.2, -0.15) is 0 Å². The van der Waals surface area contributed by atoms with Crippen LogP contribution in [0.25, 0.3) is 0 Å². The summed E-state index contributed by atoms with van der Waals surface area (Å²) in [5, 5.41) is 9.56. The first-order chi connectivity index (χ1) is 12.2. The average Bonchev–Trinajstić information content (AvgIpc) is 3.04. The van der Waals surface area contributed by atoms with E-state index < -0.39 is 39.4 Å². The molecule has 1 saturated carbocycles. The van der Waals surface area contributed by atoms with Crippen LogP contribution in [0.15, 0.2) is 23.1 Å². The van der Waals surface area contributed by atoms with Gasteiger partial charge in [-0.1, -0.05) is 24.4 Å². The van der Waals surface area contributed by atoms with Gasteiger partial charge in [0.2, 0.25) is 10.0 Å². The molecular formula is C15H18ClN3O6S. The lowest BCUT2D eigenvalue weighted by Crippen LogP contribution is -2.45. The van der Waals surface area contributed by atoms with Crippen LogP contribution in [0.4, 0.5) is 4.79 Å². The van der Waals surface area contributed by atoms with Gasteiger partial charge in [0.1, 0.15) is 4.90 Å². The molecule has 142 valence electrons. The molecule has 0 saturated heterocycles. The van der Waals surface area contributed by atoms with Crippen molar-refractivity contribution in [3.8, 4) is 0 Å². The Bertz CT molecular complexity index is 821. The summed E-state index contributed by atoms with van der Waals surface area (Å²) in [5.41, 5.74) is -0.151. The number of hydrogen-bond donors (Lipinski definition) is 3. The van der Waals surface area contributed by atoms with E-state index in [1.807, 2.05) is 0 Å². The Hall–Kier alpha value is -2.17. The lowest BCUT2D eigenvalue weighted by Gasteiger charge is -2.12. The molecule has 11 heteroatoms. The van der Waals surface area contributed by atoms with E-state index in [9.17, 15) is 22.8 Å². The van der Waals surface area contributed by atoms with Crippen LogP contribution in [0.3, 0.4) is 0 Å². The topological polar surface area (TPSA) is 145 Å². The smallest absolute Gasteiger partial charge is 0.338 e. The normalized spacial score (nSPS) is 14.7. The lowest BCUT2D eigenvalue weighted by atomic mass is 10.2. The highest BCUT2D eigenvalue weighted by molar-refractivity contribution is 7.89. The molecule has 26 heavy (non-hydrogen) atoms. The van der Waals surface area contributed by atoms with Gasteiger partial charge in [-0.15, -0.1) is 0 Å². The number of urea groups is 1. The summed E-state index contributed by atoms with van der Waals surface area (Å²) in [6, 6.07) is 2.74. The molecule has 1 aromatic rings. The molecule has 1 fully saturated rings. The molecule has 1 aliphatic rings. The maximum atomic E-state index is 11.9. The van der Waals surface area contributed by atoms with Gasteiger partial charge in [-0.25, -0.2) is 23.1 Å². The first-order valence-corrected chi connectivity index (χ1v) is 9.69. The Morgan fingerprint density at radius 2 is 1.88 bits per heavy atom. The second-order valence-corrected chi connectivity index (χ2v) is 7.71. The van der Waals surface area contributed by atoms with E-state index in [1.54, 1.807) is 0 Å². The second-order valence-electron chi connectivity index (χ2n) is 5.77. The Morgan fingerprint density at radius 3 is 2.50 bits per heavy atom. The highest BCUT2D eigenvalue weighted by Gasteiger charge is 2.20. The number of hydrogen-bond acceptors (Lipinski definition) is 6. The van der Waals surface area contributed by atoms with E-state index in [4.69, 9.17) is 21.5 Å². The van der Waals surface area contributed by atoms with Crippen molar-refractivity contribution < 1.29 is 27.5 Å². The third-order valence-electron chi connectivity index (χ3n) is 3.75. The van der Waals surface area contributed by atoms with Crippen molar-refractivity contribution >= 4 is 39.5 Å². The third-order valence-corrected chi connectivity index (χ3v) is 5.14. The zero-order chi connectivity index (χ0) is 19.3. The molecule has 3 amide bonds. The van der Waals surface area contributed by atoms with Gasteiger partial charge in [-0.05, 0) is 31.0 Å². The minimum Gasteiger partial charge on any atom is -0.452 e.